The summed E-state index contributed by atoms with van der Waals surface area (Å²) in [5, 5.41) is 11.9. The number of rotatable bonds is 5. The third kappa shape index (κ3) is 3.23. The van der Waals surface area contributed by atoms with Crippen LogP contribution in [0, 0.1) is 0 Å². The predicted molar refractivity (Wildman–Crippen MR) is 74.0 cm³/mol. The monoisotopic (exact) mass is 273 g/mol. The summed E-state index contributed by atoms with van der Waals surface area (Å²) < 4.78 is 5.10. The van der Waals surface area contributed by atoms with E-state index in [1.165, 1.54) is 12.4 Å². The quantitative estimate of drug-likeness (QED) is 0.870. The Morgan fingerprint density at radius 1 is 1.25 bits per heavy atom. The van der Waals surface area contributed by atoms with E-state index < -0.39 is 5.97 Å². The second-order valence-electron chi connectivity index (χ2n) is 4.23. The lowest BCUT2D eigenvalue weighted by atomic mass is 10.1. The van der Waals surface area contributed by atoms with Crippen molar-refractivity contribution in [1.82, 2.24) is 9.97 Å². The minimum atomic E-state index is -1.09. The van der Waals surface area contributed by atoms with E-state index in [9.17, 15) is 4.79 Å². The second-order valence-corrected chi connectivity index (χ2v) is 4.23. The maximum atomic E-state index is 10.7. The molecule has 0 aliphatic carbocycles. The van der Waals surface area contributed by atoms with Gasteiger partial charge in [0, 0.05) is 6.04 Å². The summed E-state index contributed by atoms with van der Waals surface area (Å²) in [6.07, 6.45) is 2.63. The molecule has 0 saturated carbocycles. The van der Waals surface area contributed by atoms with Gasteiger partial charge in [-0.1, -0.05) is 12.1 Å². The molecule has 1 aromatic carbocycles. The topological polar surface area (TPSA) is 84.3 Å². The highest BCUT2D eigenvalue weighted by Crippen LogP contribution is 2.20. The number of anilines is 1. The number of carboxylic acids is 1. The molecule has 20 heavy (non-hydrogen) atoms. The van der Waals surface area contributed by atoms with Gasteiger partial charge in [-0.3, -0.25) is 0 Å². The number of aromatic nitrogens is 2. The zero-order chi connectivity index (χ0) is 14.5. The highest BCUT2D eigenvalue weighted by atomic mass is 16.5. The molecule has 0 bridgehead atoms. The number of carbonyl (C=O) groups is 1. The fourth-order valence-corrected chi connectivity index (χ4v) is 1.71. The van der Waals surface area contributed by atoms with Crippen LogP contribution in [0.4, 0.5) is 5.82 Å². The van der Waals surface area contributed by atoms with Gasteiger partial charge in [0.25, 0.3) is 0 Å². The van der Waals surface area contributed by atoms with Crippen LogP contribution < -0.4 is 10.1 Å². The molecule has 0 spiro atoms. The SMILES string of the molecule is COc1ccc(C(C)Nc2cnc(C(=O)O)cn2)cc1. The molecule has 0 radical (unpaired) electrons. The van der Waals surface area contributed by atoms with Crippen LogP contribution in [0.5, 0.6) is 5.75 Å². The molecule has 6 heteroatoms. The van der Waals surface area contributed by atoms with Crippen molar-refractivity contribution in [3.8, 4) is 5.75 Å². The van der Waals surface area contributed by atoms with Crippen molar-refractivity contribution < 1.29 is 14.6 Å². The van der Waals surface area contributed by atoms with Gasteiger partial charge in [-0.25, -0.2) is 14.8 Å². The molecular weight excluding hydrogens is 258 g/mol. The molecule has 1 unspecified atom stereocenters. The van der Waals surface area contributed by atoms with E-state index in [0.29, 0.717) is 5.82 Å². The van der Waals surface area contributed by atoms with Crippen molar-refractivity contribution >= 4 is 11.8 Å². The minimum Gasteiger partial charge on any atom is -0.497 e. The van der Waals surface area contributed by atoms with Crippen molar-refractivity contribution in [2.24, 2.45) is 0 Å². The molecule has 6 nitrogen and oxygen atoms in total. The molecular formula is C14H15N3O3. The Bertz CT molecular complexity index is 582. The van der Waals surface area contributed by atoms with Crippen LogP contribution in [0.15, 0.2) is 36.7 Å². The molecule has 0 fully saturated rings. The number of nitrogens with zero attached hydrogens (tertiary/aromatic N) is 2. The van der Waals surface area contributed by atoms with Gasteiger partial charge < -0.3 is 15.2 Å². The molecule has 2 rings (SSSR count). The lowest BCUT2D eigenvalue weighted by Gasteiger charge is -2.15. The van der Waals surface area contributed by atoms with Gasteiger partial charge in [0.1, 0.15) is 11.6 Å². The van der Waals surface area contributed by atoms with Crippen molar-refractivity contribution in [3.63, 3.8) is 0 Å². The van der Waals surface area contributed by atoms with E-state index in [1.54, 1.807) is 7.11 Å². The van der Waals surface area contributed by atoms with Gasteiger partial charge in [-0.05, 0) is 24.6 Å². The summed E-state index contributed by atoms with van der Waals surface area (Å²) in [7, 11) is 1.62. The Morgan fingerprint density at radius 2 is 1.95 bits per heavy atom. The molecule has 1 heterocycles. The summed E-state index contributed by atoms with van der Waals surface area (Å²) in [6.45, 7) is 1.98. The first-order valence-electron chi connectivity index (χ1n) is 6.06. The van der Waals surface area contributed by atoms with E-state index in [4.69, 9.17) is 9.84 Å². The molecule has 1 atom stereocenters. The van der Waals surface area contributed by atoms with E-state index in [1.807, 2.05) is 31.2 Å². The number of nitrogens with one attached hydrogen (secondary N) is 1. The maximum absolute atomic E-state index is 10.7. The van der Waals surface area contributed by atoms with E-state index in [-0.39, 0.29) is 11.7 Å². The zero-order valence-electron chi connectivity index (χ0n) is 11.2. The maximum Gasteiger partial charge on any atom is 0.356 e. The number of ether oxygens (including phenoxy) is 1. The molecule has 0 aliphatic rings. The van der Waals surface area contributed by atoms with E-state index in [0.717, 1.165) is 11.3 Å². The van der Waals surface area contributed by atoms with Gasteiger partial charge in [0.15, 0.2) is 5.69 Å². The number of benzene rings is 1. The van der Waals surface area contributed by atoms with Crippen molar-refractivity contribution in [3.05, 3.63) is 47.9 Å². The first-order valence-corrected chi connectivity index (χ1v) is 6.06. The van der Waals surface area contributed by atoms with Crippen LogP contribution in [0.2, 0.25) is 0 Å². The lowest BCUT2D eigenvalue weighted by molar-refractivity contribution is 0.0690. The van der Waals surface area contributed by atoms with Gasteiger partial charge >= 0.3 is 5.97 Å². The normalized spacial score (nSPS) is 11.7. The number of hydrogen-bond donors (Lipinski definition) is 2. The molecule has 0 amide bonds. The highest BCUT2D eigenvalue weighted by molar-refractivity contribution is 5.84. The summed E-state index contributed by atoms with van der Waals surface area (Å²) in [6, 6.07) is 7.69. The smallest absolute Gasteiger partial charge is 0.356 e. The number of aromatic carboxylic acids is 1. The first-order chi connectivity index (χ1) is 9.60. The van der Waals surface area contributed by atoms with Crippen molar-refractivity contribution in [1.29, 1.82) is 0 Å². The summed E-state index contributed by atoms with van der Waals surface area (Å²) >= 11 is 0. The Labute approximate surface area is 116 Å². The molecule has 2 N–H and O–H groups in total. The Balaban J connectivity index is 2.06. The Kier molecular flexibility index (Phi) is 4.14. The van der Waals surface area contributed by atoms with Crippen molar-refractivity contribution in [2.45, 2.75) is 13.0 Å². The average molecular weight is 273 g/mol. The zero-order valence-corrected chi connectivity index (χ0v) is 11.2. The first kappa shape index (κ1) is 13.8. The number of carboxylic acid groups (broad SMARTS) is 1. The van der Waals surface area contributed by atoms with Crippen molar-refractivity contribution in [2.75, 3.05) is 12.4 Å². The molecule has 0 aliphatic heterocycles. The third-order valence-corrected chi connectivity index (χ3v) is 2.85. The third-order valence-electron chi connectivity index (χ3n) is 2.85. The van der Waals surface area contributed by atoms with Crippen LogP contribution in [0.1, 0.15) is 29.0 Å². The van der Waals surface area contributed by atoms with Gasteiger partial charge in [0.05, 0.1) is 19.5 Å². The molecule has 2 aromatic rings. The summed E-state index contributed by atoms with van der Waals surface area (Å²) in [4.78, 5) is 18.5. The van der Waals surface area contributed by atoms with Crippen LogP contribution in [-0.2, 0) is 0 Å². The van der Waals surface area contributed by atoms with Gasteiger partial charge in [-0.2, -0.15) is 0 Å². The fourth-order valence-electron chi connectivity index (χ4n) is 1.71. The van der Waals surface area contributed by atoms with Crippen LogP contribution in [0.25, 0.3) is 0 Å². The number of hydrogen-bond acceptors (Lipinski definition) is 5. The second kappa shape index (κ2) is 6.01. The minimum absolute atomic E-state index is 0.0193. The van der Waals surface area contributed by atoms with Crippen LogP contribution in [0.3, 0.4) is 0 Å². The Hall–Kier alpha value is -2.63. The Morgan fingerprint density at radius 3 is 2.45 bits per heavy atom. The fraction of sp³-hybridized carbons (Fsp3) is 0.214. The highest BCUT2D eigenvalue weighted by Gasteiger charge is 2.08. The van der Waals surface area contributed by atoms with Crippen LogP contribution in [-0.4, -0.2) is 28.2 Å². The largest absolute Gasteiger partial charge is 0.497 e. The summed E-state index contributed by atoms with van der Waals surface area (Å²) in [5.74, 6) is 0.233. The standard InChI is InChI=1S/C14H15N3O3/c1-9(10-3-5-11(20-2)6-4-10)17-13-8-15-12(7-16-13)14(18)19/h3-9H,1-2H3,(H,16,17)(H,18,19). The number of methoxy groups -OCH3 is 1. The molecule has 0 saturated heterocycles. The van der Waals surface area contributed by atoms with E-state index in [2.05, 4.69) is 15.3 Å². The molecule has 104 valence electrons. The van der Waals surface area contributed by atoms with Crippen LogP contribution >= 0.6 is 0 Å². The predicted octanol–water partition coefficient (Wildman–Crippen LogP) is 2.36. The lowest BCUT2D eigenvalue weighted by Crippen LogP contribution is -2.09. The van der Waals surface area contributed by atoms with Gasteiger partial charge in [-0.15, -0.1) is 0 Å². The van der Waals surface area contributed by atoms with Gasteiger partial charge in [0.2, 0.25) is 0 Å². The van der Waals surface area contributed by atoms with E-state index >= 15 is 0 Å². The molecule has 1 aromatic heterocycles. The summed E-state index contributed by atoms with van der Waals surface area (Å²) in [5.41, 5.74) is 0.988. The average Bonchev–Trinajstić information content (AvgIpc) is 2.48.